The molecular formula is C21H24FN4O+. The molecule has 4 rings (SSSR count). The number of carbonyl (C=O) groups is 1. The van der Waals surface area contributed by atoms with Crippen LogP contribution in [0.3, 0.4) is 0 Å². The minimum Gasteiger partial charge on any atom is -0.329 e. The fraction of sp³-hybridized carbons (Fsp3) is 0.333. The third-order valence-electron chi connectivity index (χ3n) is 5.31. The predicted molar refractivity (Wildman–Crippen MR) is 103 cm³/mol. The number of likely N-dealkylation sites (tertiary alicyclic amines) is 1. The van der Waals surface area contributed by atoms with Crippen molar-refractivity contribution in [3.63, 3.8) is 0 Å². The first-order valence-electron chi connectivity index (χ1n) is 9.46. The molecule has 140 valence electrons. The summed E-state index contributed by atoms with van der Waals surface area (Å²) in [6.07, 6.45) is 3.92. The van der Waals surface area contributed by atoms with E-state index in [1.807, 2.05) is 25.2 Å². The van der Waals surface area contributed by atoms with Crippen molar-refractivity contribution in [3.8, 4) is 0 Å². The maximum atomic E-state index is 13.0. The van der Waals surface area contributed by atoms with Crippen LogP contribution in [0.5, 0.6) is 0 Å². The molecule has 2 aromatic carbocycles. The van der Waals surface area contributed by atoms with Crippen molar-refractivity contribution in [1.82, 2.24) is 9.55 Å². The van der Waals surface area contributed by atoms with Gasteiger partial charge in [-0.25, -0.2) is 9.37 Å². The van der Waals surface area contributed by atoms with E-state index in [0.717, 1.165) is 23.4 Å². The van der Waals surface area contributed by atoms with Crippen molar-refractivity contribution >= 4 is 22.6 Å². The highest BCUT2D eigenvalue weighted by Crippen LogP contribution is 2.20. The first kappa shape index (κ1) is 17.7. The van der Waals surface area contributed by atoms with Crippen LogP contribution >= 0.6 is 0 Å². The first-order valence-corrected chi connectivity index (χ1v) is 9.46. The molecule has 0 aliphatic carbocycles. The number of benzene rings is 2. The molecule has 6 heteroatoms. The fourth-order valence-corrected chi connectivity index (χ4v) is 3.74. The Morgan fingerprint density at radius 2 is 1.89 bits per heavy atom. The van der Waals surface area contributed by atoms with Gasteiger partial charge in [-0.3, -0.25) is 4.79 Å². The number of rotatable bonds is 4. The smallest absolute Gasteiger partial charge is 0.255 e. The highest BCUT2D eigenvalue weighted by molar-refractivity contribution is 6.04. The Hall–Kier alpha value is -2.73. The van der Waals surface area contributed by atoms with Gasteiger partial charge in [0.15, 0.2) is 5.82 Å². The second-order valence-corrected chi connectivity index (χ2v) is 7.24. The van der Waals surface area contributed by atoms with E-state index >= 15 is 0 Å². The summed E-state index contributed by atoms with van der Waals surface area (Å²) in [5.41, 5.74) is 3.04. The zero-order valence-electron chi connectivity index (χ0n) is 15.5. The molecule has 1 saturated heterocycles. The van der Waals surface area contributed by atoms with Crippen LogP contribution in [0.2, 0.25) is 0 Å². The van der Waals surface area contributed by atoms with Gasteiger partial charge in [-0.2, -0.15) is 0 Å². The molecule has 1 aliphatic rings. The lowest BCUT2D eigenvalue weighted by Crippen LogP contribution is -3.11. The van der Waals surface area contributed by atoms with Gasteiger partial charge in [-0.1, -0.05) is 0 Å². The average molecular weight is 367 g/mol. The lowest BCUT2D eigenvalue weighted by Gasteiger charge is -2.23. The Morgan fingerprint density at radius 1 is 1.15 bits per heavy atom. The minimum absolute atomic E-state index is 0.261. The Bertz CT molecular complexity index is 958. The molecule has 2 N–H and O–H groups in total. The molecule has 0 spiro atoms. The Labute approximate surface area is 157 Å². The van der Waals surface area contributed by atoms with Gasteiger partial charge in [-0.15, -0.1) is 0 Å². The van der Waals surface area contributed by atoms with E-state index in [2.05, 4.69) is 9.88 Å². The normalized spacial score (nSPS) is 15.2. The second-order valence-electron chi connectivity index (χ2n) is 7.24. The van der Waals surface area contributed by atoms with Gasteiger partial charge in [0.2, 0.25) is 0 Å². The molecular weight excluding hydrogens is 343 g/mol. The number of carbonyl (C=O) groups excluding carboxylic acids is 1. The maximum Gasteiger partial charge on any atom is 0.255 e. The molecule has 0 saturated carbocycles. The molecule has 0 atom stereocenters. The first-order chi connectivity index (χ1) is 13.1. The molecule has 3 aromatic rings. The molecule has 1 aromatic heterocycles. The second kappa shape index (κ2) is 7.48. The number of piperidine rings is 1. The number of aromatic nitrogens is 2. The topological polar surface area (TPSA) is 51.4 Å². The van der Waals surface area contributed by atoms with E-state index in [4.69, 9.17) is 4.98 Å². The van der Waals surface area contributed by atoms with E-state index in [-0.39, 0.29) is 11.7 Å². The number of quaternary nitrogens is 1. The average Bonchev–Trinajstić information content (AvgIpc) is 2.98. The summed E-state index contributed by atoms with van der Waals surface area (Å²) < 4.78 is 15.2. The molecule has 1 fully saturated rings. The van der Waals surface area contributed by atoms with Crippen LogP contribution in [0.1, 0.15) is 35.4 Å². The van der Waals surface area contributed by atoms with Gasteiger partial charge in [0.05, 0.1) is 24.1 Å². The van der Waals surface area contributed by atoms with Crippen LogP contribution in [0.25, 0.3) is 11.0 Å². The van der Waals surface area contributed by atoms with Gasteiger partial charge in [-0.05, 0) is 61.7 Å². The molecule has 5 nitrogen and oxygen atoms in total. The van der Waals surface area contributed by atoms with E-state index in [1.165, 1.54) is 56.6 Å². The van der Waals surface area contributed by atoms with Crippen molar-refractivity contribution in [2.75, 3.05) is 18.4 Å². The van der Waals surface area contributed by atoms with Crippen LogP contribution in [-0.4, -0.2) is 28.5 Å². The molecule has 0 bridgehead atoms. The molecule has 1 amide bonds. The van der Waals surface area contributed by atoms with Crippen molar-refractivity contribution in [2.24, 2.45) is 7.05 Å². The van der Waals surface area contributed by atoms with Crippen molar-refractivity contribution < 1.29 is 14.1 Å². The number of amides is 1. The van der Waals surface area contributed by atoms with E-state index in [1.54, 1.807) is 4.90 Å². The van der Waals surface area contributed by atoms with Crippen LogP contribution < -0.4 is 10.2 Å². The maximum absolute atomic E-state index is 13.0. The van der Waals surface area contributed by atoms with Crippen LogP contribution in [-0.2, 0) is 13.6 Å². The largest absolute Gasteiger partial charge is 0.329 e. The third-order valence-corrected chi connectivity index (χ3v) is 5.31. The molecule has 2 heterocycles. The number of imidazole rings is 1. The van der Waals surface area contributed by atoms with Crippen molar-refractivity contribution in [3.05, 3.63) is 59.7 Å². The number of hydrogen-bond acceptors (Lipinski definition) is 2. The highest BCUT2D eigenvalue weighted by atomic mass is 19.1. The number of nitrogens with one attached hydrogen (secondary N) is 2. The Kier molecular flexibility index (Phi) is 4.90. The van der Waals surface area contributed by atoms with Gasteiger partial charge < -0.3 is 14.8 Å². The lowest BCUT2D eigenvalue weighted by atomic mass is 10.1. The molecule has 27 heavy (non-hydrogen) atoms. The van der Waals surface area contributed by atoms with E-state index < -0.39 is 0 Å². The fourth-order valence-electron chi connectivity index (χ4n) is 3.74. The summed E-state index contributed by atoms with van der Waals surface area (Å²) in [6.45, 7) is 3.35. The predicted octanol–water partition coefficient (Wildman–Crippen LogP) is 2.53. The lowest BCUT2D eigenvalue weighted by molar-refractivity contribution is -0.919. The minimum atomic E-state index is -0.357. The van der Waals surface area contributed by atoms with E-state index in [0.29, 0.717) is 11.3 Å². The highest BCUT2D eigenvalue weighted by Gasteiger charge is 2.18. The number of hydrogen-bond donors (Lipinski definition) is 2. The van der Waals surface area contributed by atoms with Gasteiger partial charge in [0.25, 0.3) is 5.91 Å². The summed E-state index contributed by atoms with van der Waals surface area (Å²) in [5.74, 6) is 0.456. The van der Waals surface area contributed by atoms with Gasteiger partial charge in [0, 0.05) is 18.3 Å². The Balaban J connectivity index is 1.53. The quantitative estimate of drug-likeness (QED) is 0.745. The third kappa shape index (κ3) is 3.85. The van der Waals surface area contributed by atoms with Crippen LogP contribution in [0.15, 0.2) is 42.5 Å². The number of fused-ring (bicyclic) bond motifs is 1. The molecule has 1 aliphatic heterocycles. The number of aryl methyl sites for hydroxylation is 1. The van der Waals surface area contributed by atoms with E-state index in [9.17, 15) is 9.18 Å². The SMILES string of the molecule is Cn1c(C[NH+]2CCCCC2)nc2cc(NC(=O)c3ccc(F)cc3)ccc21. The van der Waals surface area contributed by atoms with Crippen molar-refractivity contribution in [1.29, 1.82) is 0 Å². The number of nitrogens with zero attached hydrogens (tertiary/aromatic N) is 2. The summed E-state index contributed by atoms with van der Waals surface area (Å²) in [5, 5.41) is 2.86. The molecule has 0 radical (unpaired) electrons. The van der Waals surface area contributed by atoms with Crippen LogP contribution in [0.4, 0.5) is 10.1 Å². The monoisotopic (exact) mass is 367 g/mol. The summed E-state index contributed by atoms with van der Waals surface area (Å²) in [4.78, 5) is 18.7. The Morgan fingerprint density at radius 3 is 2.63 bits per heavy atom. The number of halogens is 1. The van der Waals surface area contributed by atoms with Crippen molar-refractivity contribution in [2.45, 2.75) is 25.8 Å². The summed E-state index contributed by atoms with van der Waals surface area (Å²) in [7, 11) is 2.05. The van der Waals surface area contributed by atoms with Gasteiger partial charge >= 0.3 is 0 Å². The van der Waals surface area contributed by atoms with Crippen LogP contribution in [0, 0.1) is 5.82 Å². The standard InChI is InChI=1S/C21H23FN4O/c1-25-19-10-9-17(23-21(27)15-5-7-16(22)8-6-15)13-18(19)24-20(25)14-26-11-3-2-4-12-26/h5-10,13H,2-4,11-12,14H2,1H3,(H,23,27)/p+1. The molecule has 0 unspecified atom stereocenters. The van der Waals surface area contributed by atoms with Gasteiger partial charge in [0.1, 0.15) is 12.4 Å². The number of anilines is 1. The zero-order valence-corrected chi connectivity index (χ0v) is 15.5. The summed E-state index contributed by atoms with van der Waals surface area (Å²) in [6, 6.07) is 11.3. The zero-order chi connectivity index (χ0) is 18.8. The summed E-state index contributed by atoms with van der Waals surface area (Å²) >= 11 is 0.